The summed E-state index contributed by atoms with van der Waals surface area (Å²) in [7, 11) is 2.05. The molecule has 0 aliphatic carbocycles. The summed E-state index contributed by atoms with van der Waals surface area (Å²) in [5, 5.41) is 9.41. The number of aryl methyl sites for hydroxylation is 1. The lowest BCUT2D eigenvalue weighted by molar-refractivity contribution is 0.319. The van der Waals surface area contributed by atoms with Crippen molar-refractivity contribution in [1.82, 2.24) is 5.32 Å². The molecule has 0 saturated heterocycles. The summed E-state index contributed by atoms with van der Waals surface area (Å²) in [6, 6.07) is 11.9. The number of anilines is 1. The van der Waals surface area contributed by atoms with Gasteiger partial charge >= 0.3 is 0 Å². The zero-order valence-electron chi connectivity index (χ0n) is 16.0. The highest BCUT2D eigenvalue weighted by Gasteiger charge is 2.35. The number of thiophene rings is 1. The highest BCUT2D eigenvalue weighted by Crippen LogP contribution is 2.47. The molecule has 2 heterocycles. The van der Waals surface area contributed by atoms with E-state index in [9.17, 15) is 0 Å². The molecule has 2 nitrogen and oxygen atoms in total. The Labute approximate surface area is 157 Å². The molecule has 2 N–H and O–H groups in total. The standard InChI is InChI=1S/C22H32N2S/c1-5-17-9-11-20-19(13-17)16(3)18(10-8-15(2)14-23-4)22(24-20)21-7-6-12-25-21/h6-7,9,11-13,15-16,18,22-24H,5,8,10,14H2,1-4H3/t15-,16+,18-,22-/m1/s1. The Hall–Kier alpha value is -1.32. The highest BCUT2D eigenvalue weighted by atomic mass is 32.1. The summed E-state index contributed by atoms with van der Waals surface area (Å²) in [6.07, 6.45) is 3.66. The zero-order chi connectivity index (χ0) is 17.8. The molecule has 1 aromatic carbocycles. The fourth-order valence-corrected chi connectivity index (χ4v) is 5.08. The van der Waals surface area contributed by atoms with Gasteiger partial charge in [-0.15, -0.1) is 11.3 Å². The van der Waals surface area contributed by atoms with E-state index in [-0.39, 0.29) is 0 Å². The van der Waals surface area contributed by atoms with E-state index in [4.69, 9.17) is 0 Å². The SMILES string of the molecule is CCc1ccc2c(c1)[C@@H](C)[C@@H](CC[C@@H](C)CNC)[C@H](c1cccs1)N2. The van der Waals surface area contributed by atoms with Gasteiger partial charge in [-0.05, 0) is 79.2 Å². The van der Waals surface area contributed by atoms with Crippen LogP contribution in [0.15, 0.2) is 35.7 Å². The first kappa shape index (κ1) is 18.5. The Bertz CT molecular complexity index is 665. The lowest BCUT2D eigenvalue weighted by Crippen LogP contribution is -2.31. The minimum Gasteiger partial charge on any atom is -0.377 e. The fourth-order valence-electron chi connectivity index (χ4n) is 4.23. The topological polar surface area (TPSA) is 24.1 Å². The Morgan fingerprint density at radius 1 is 1.28 bits per heavy atom. The smallest absolute Gasteiger partial charge is 0.0640 e. The van der Waals surface area contributed by atoms with Crippen LogP contribution in [0.3, 0.4) is 0 Å². The van der Waals surface area contributed by atoms with Crippen molar-refractivity contribution in [2.24, 2.45) is 11.8 Å². The summed E-state index contributed by atoms with van der Waals surface area (Å²) in [5.41, 5.74) is 4.30. The van der Waals surface area contributed by atoms with Crippen LogP contribution in [0.2, 0.25) is 0 Å². The van der Waals surface area contributed by atoms with Crippen LogP contribution in [0.25, 0.3) is 0 Å². The quantitative estimate of drug-likeness (QED) is 0.652. The lowest BCUT2D eigenvalue weighted by atomic mass is 9.74. The van der Waals surface area contributed by atoms with E-state index in [1.165, 1.54) is 34.5 Å². The van der Waals surface area contributed by atoms with Crippen LogP contribution in [-0.4, -0.2) is 13.6 Å². The molecule has 0 unspecified atom stereocenters. The molecule has 0 fully saturated rings. The third kappa shape index (κ3) is 4.09. The van der Waals surface area contributed by atoms with Crippen molar-refractivity contribution in [1.29, 1.82) is 0 Å². The normalized spacial score (nSPS) is 23.8. The Balaban J connectivity index is 1.87. The van der Waals surface area contributed by atoms with Crippen molar-refractivity contribution in [3.8, 4) is 0 Å². The molecule has 2 aromatic rings. The average Bonchev–Trinajstić information content (AvgIpc) is 3.15. The minimum atomic E-state index is 0.441. The van der Waals surface area contributed by atoms with Gasteiger partial charge in [-0.2, -0.15) is 0 Å². The zero-order valence-corrected chi connectivity index (χ0v) is 16.8. The van der Waals surface area contributed by atoms with Gasteiger partial charge < -0.3 is 10.6 Å². The lowest BCUT2D eigenvalue weighted by Gasteiger charge is -2.40. The summed E-state index contributed by atoms with van der Waals surface area (Å²) < 4.78 is 0. The average molecular weight is 357 g/mol. The van der Waals surface area contributed by atoms with E-state index in [1.807, 2.05) is 11.3 Å². The first-order chi connectivity index (χ1) is 12.1. The molecule has 136 valence electrons. The molecule has 0 radical (unpaired) electrons. The van der Waals surface area contributed by atoms with E-state index >= 15 is 0 Å². The Kier molecular flexibility index (Phi) is 6.19. The second-order valence-electron chi connectivity index (χ2n) is 7.61. The van der Waals surface area contributed by atoms with E-state index in [2.05, 4.69) is 74.2 Å². The van der Waals surface area contributed by atoms with E-state index in [1.54, 1.807) is 0 Å². The van der Waals surface area contributed by atoms with Crippen molar-refractivity contribution < 1.29 is 0 Å². The first-order valence-corrected chi connectivity index (χ1v) is 10.6. The molecule has 3 heteroatoms. The molecule has 1 aliphatic heterocycles. The van der Waals surface area contributed by atoms with Crippen molar-refractivity contribution in [2.75, 3.05) is 18.9 Å². The molecule has 1 aliphatic rings. The van der Waals surface area contributed by atoms with Crippen molar-refractivity contribution in [3.05, 3.63) is 51.7 Å². The van der Waals surface area contributed by atoms with Crippen molar-refractivity contribution in [3.63, 3.8) is 0 Å². The first-order valence-electron chi connectivity index (χ1n) is 9.71. The molecular weight excluding hydrogens is 324 g/mol. The Morgan fingerprint density at radius 3 is 2.80 bits per heavy atom. The minimum absolute atomic E-state index is 0.441. The number of rotatable bonds is 7. The number of nitrogens with one attached hydrogen (secondary N) is 2. The number of fused-ring (bicyclic) bond motifs is 1. The summed E-state index contributed by atoms with van der Waals surface area (Å²) in [6.45, 7) is 8.15. The third-order valence-corrected chi connectivity index (χ3v) is 6.75. The molecule has 0 saturated carbocycles. The van der Waals surface area contributed by atoms with Crippen LogP contribution >= 0.6 is 11.3 Å². The van der Waals surface area contributed by atoms with Crippen molar-refractivity contribution >= 4 is 17.0 Å². The molecule has 0 spiro atoms. The van der Waals surface area contributed by atoms with E-state index in [0.717, 1.165) is 18.9 Å². The maximum atomic E-state index is 3.88. The number of hydrogen-bond donors (Lipinski definition) is 2. The van der Waals surface area contributed by atoms with Crippen LogP contribution in [0.1, 0.15) is 61.6 Å². The van der Waals surface area contributed by atoms with Crippen LogP contribution in [0, 0.1) is 11.8 Å². The van der Waals surface area contributed by atoms with Gasteiger partial charge in [0.15, 0.2) is 0 Å². The van der Waals surface area contributed by atoms with Gasteiger partial charge in [-0.25, -0.2) is 0 Å². The van der Waals surface area contributed by atoms with Gasteiger partial charge in [-0.1, -0.05) is 39.0 Å². The second kappa shape index (κ2) is 8.37. The highest BCUT2D eigenvalue weighted by molar-refractivity contribution is 7.10. The molecular formula is C22H32N2S. The molecule has 0 bridgehead atoms. The van der Waals surface area contributed by atoms with Gasteiger partial charge in [0.2, 0.25) is 0 Å². The summed E-state index contributed by atoms with van der Waals surface area (Å²) in [4.78, 5) is 1.48. The van der Waals surface area contributed by atoms with Crippen LogP contribution < -0.4 is 10.6 Å². The van der Waals surface area contributed by atoms with Gasteiger partial charge in [0, 0.05) is 10.6 Å². The predicted octanol–water partition coefficient (Wildman–Crippen LogP) is 5.83. The number of benzene rings is 1. The van der Waals surface area contributed by atoms with Crippen LogP contribution in [-0.2, 0) is 6.42 Å². The van der Waals surface area contributed by atoms with E-state index in [0.29, 0.717) is 17.9 Å². The van der Waals surface area contributed by atoms with Crippen molar-refractivity contribution in [2.45, 2.75) is 52.0 Å². The fraction of sp³-hybridized carbons (Fsp3) is 0.545. The molecule has 25 heavy (non-hydrogen) atoms. The van der Waals surface area contributed by atoms with Gasteiger partial charge in [0.1, 0.15) is 0 Å². The summed E-state index contributed by atoms with van der Waals surface area (Å²) in [5.74, 6) is 1.97. The maximum absolute atomic E-state index is 3.88. The predicted molar refractivity (Wildman–Crippen MR) is 111 cm³/mol. The molecule has 4 atom stereocenters. The maximum Gasteiger partial charge on any atom is 0.0640 e. The molecule has 1 aromatic heterocycles. The van der Waals surface area contributed by atoms with Gasteiger partial charge in [-0.3, -0.25) is 0 Å². The Morgan fingerprint density at radius 2 is 2.12 bits per heavy atom. The second-order valence-corrected chi connectivity index (χ2v) is 8.58. The largest absolute Gasteiger partial charge is 0.377 e. The van der Waals surface area contributed by atoms with Crippen LogP contribution in [0.4, 0.5) is 5.69 Å². The number of hydrogen-bond acceptors (Lipinski definition) is 3. The van der Waals surface area contributed by atoms with E-state index < -0.39 is 0 Å². The summed E-state index contributed by atoms with van der Waals surface area (Å²) >= 11 is 1.89. The van der Waals surface area contributed by atoms with Crippen LogP contribution in [0.5, 0.6) is 0 Å². The molecule has 0 amide bonds. The van der Waals surface area contributed by atoms with Gasteiger partial charge in [0.25, 0.3) is 0 Å². The monoisotopic (exact) mass is 356 g/mol. The van der Waals surface area contributed by atoms with Gasteiger partial charge in [0.05, 0.1) is 6.04 Å². The molecule has 3 rings (SSSR count). The third-order valence-electron chi connectivity index (χ3n) is 5.79.